The van der Waals surface area contributed by atoms with E-state index in [2.05, 4.69) is 16.9 Å². The lowest BCUT2D eigenvalue weighted by Gasteiger charge is -2.09. The number of fused-ring (bicyclic) bond motifs is 1. The van der Waals surface area contributed by atoms with Gasteiger partial charge in [-0.3, -0.25) is 4.57 Å². The highest BCUT2D eigenvalue weighted by molar-refractivity contribution is 7.10. The molecule has 20 heavy (non-hydrogen) atoms. The fourth-order valence-electron chi connectivity index (χ4n) is 2.41. The number of nitrogens with two attached hydrogens (primary N) is 1. The third-order valence-corrected chi connectivity index (χ3v) is 4.30. The summed E-state index contributed by atoms with van der Waals surface area (Å²) < 4.78 is 3.35. The molecule has 2 aromatic heterocycles. The van der Waals surface area contributed by atoms with Crippen molar-refractivity contribution in [1.82, 2.24) is 14.3 Å². The van der Waals surface area contributed by atoms with Crippen LogP contribution in [0.4, 0.5) is 0 Å². The maximum absolute atomic E-state index is 12.3. The molecule has 0 saturated carbocycles. The fraction of sp³-hybridized carbons (Fsp3) is 0.429. The highest BCUT2D eigenvalue weighted by Crippen LogP contribution is 2.17. The molecule has 1 aliphatic rings. The minimum absolute atomic E-state index is 0.00849. The molecule has 0 spiro atoms. The summed E-state index contributed by atoms with van der Waals surface area (Å²) in [5.41, 5.74) is 6.33. The Morgan fingerprint density at radius 2 is 2.35 bits per heavy atom. The molecule has 2 N–H and O–H groups in total. The van der Waals surface area contributed by atoms with E-state index in [0.717, 1.165) is 42.1 Å². The van der Waals surface area contributed by atoms with Gasteiger partial charge in [0.15, 0.2) is 0 Å². The molecule has 0 saturated heterocycles. The zero-order chi connectivity index (χ0) is 13.9. The van der Waals surface area contributed by atoms with Crippen LogP contribution in [-0.2, 0) is 19.5 Å². The third kappa shape index (κ3) is 2.42. The summed E-state index contributed by atoms with van der Waals surface area (Å²) in [6.07, 6.45) is 3.07. The van der Waals surface area contributed by atoms with Crippen molar-refractivity contribution in [2.75, 3.05) is 6.54 Å². The topological polar surface area (TPSA) is 65.8 Å². The molecule has 0 amide bonds. The first-order valence-electron chi connectivity index (χ1n) is 6.71. The second kappa shape index (κ2) is 5.65. The van der Waals surface area contributed by atoms with Gasteiger partial charge < -0.3 is 5.73 Å². The van der Waals surface area contributed by atoms with Crippen LogP contribution in [0.25, 0.3) is 0 Å². The highest BCUT2D eigenvalue weighted by atomic mass is 32.1. The summed E-state index contributed by atoms with van der Waals surface area (Å²) in [5.74, 6) is 6.80. The smallest absolute Gasteiger partial charge is 0.320 e. The van der Waals surface area contributed by atoms with Crippen molar-refractivity contribution in [1.29, 1.82) is 0 Å². The summed E-state index contributed by atoms with van der Waals surface area (Å²) in [6.45, 7) is 1.62. The Balaban J connectivity index is 1.90. The van der Waals surface area contributed by atoms with E-state index in [-0.39, 0.29) is 5.69 Å². The molecule has 5 nitrogen and oxygen atoms in total. The van der Waals surface area contributed by atoms with Gasteiger partial charge in [0.25, 0.3) is 0 Å². The molecule has 0 bridgehead atoms. The fourth-order valence-corrected chi connectivity index (χ4v) is 3.22. The van der Waals surface area contributed by atoms with Crippen LogP contribution in [0, 0.1) is 11.8 Å². The maximum Gasteiger partial charge on any atom is 0.346 e. The van der Waals surface area contributed by atoms with Gasteiger partial charge in [0.1, 0.15) is 5.82 Å². The molecule has 0 atom stereocenters. The molecule has 2 aromatic rings. The van der Waals surface area contributed by atoms with Crippen molar-refractivity contribution in [2.24, 2.45) is 5.73 Å². The Morgan fingerprint density at radius 1 is 1.45 bits per heavy atom. The summed E-state index contributed by atoms with van der Waals surface area (Å²) in [4.78, 5) is 13.3. The molecule has 6 heteroatoms. The summed E-state index contributed by atoms with van der Waals surface area (Å²) in [7, 11) is 0. The highest BCUT2D eigenvalue weighted by Gasteiger charge is 2.17. The maximum atomic E-state index is 12.3. The minimum Gasteiger partial charge on any atom is -0.320 e. The average molecular weight is 288 g/mol. The number of aromatic nitrogens is 3. The van der Waals surface area contributed by atoms with Gasteiger partial charge in [0, 0.05) is 23.4 Å². The van der Waals surface area contributed by atoms with E-state index in [1.807, 2.05) is 11.4 Å². The molecule has 0 unspecified atom stereocenters. The van der Waals surface area contributed by atoms with Crippen molar-refractivity contribution in [3.05, 3.63) is 38.2 Å². The summed E-state index contributed by atoms with van der Waals surface area (Å²) in [6, 6.07) is 1.96. The molecular weight excluding hydrogens is 272 g/mol. The molecule has 0 fully saturated rings. The van der Waals surface area contributed by atoms with E-state index in [0.29, 0.717) is 13.1 Å². The van der Waals surface area contributed by atoms with E-state index in [1.165, 1.54) is 0 Å². The van der Waals surface area contributed by atoms with Gasteiger partial charge in [-0.15, -0.1) is 11.3 Å². The Labute approximate surface area is 121 Å². The number of thiophene rings is 1. The normalized spacial score (nSPS) is 13.7. The van der Waals surface area contributed by atoms with Crippen LogP contribution >= 0.6 is 11.3 Å². The predicted molar refractivity (Wildman–Crippen MR) is 78.8 cm³/mol. The third-order valence-electron chi connectivity index (χ3n) is 3.40. The van der Waals surface area contributed by atoms with Gasteiger partial charge in [-0.1, -0.05) is 11.8 Å². The number of rotatable bonds is 2. The van der Waals surface area contributed by atoms with E-state index >= 15 is 0 Å². The first-order valence-corrected chi connectivity index (χ1v) is 7.59. The summed E-state index contributed by atoms with van der Waals surface area (Å²) >= 11 is 1.60. The lowest BCUT2D eigenvalue weighted by molar-refractivity contribution is 0.511. The van der Waals surface area contributed by atoms with E-state index < -0.39 is 0 Å². The van der Waals surface area contributed by atoms with E-state index in [9.17, 15) is 4.79 Å². The first-order chi connectivity index (χ1) is 9.79. The number of nitrogens with zero attached hydrogens (tertiary/aromatic N) is 3. The monoisotopic (exact) mass is 288 g/mol. The Morgan fingerprint density at radius 3 is 3.15 bits per heavy atom. The van der Waals surface area contributed by atoms with Crippen LogP contribution in [-0.4, -0.2) is 20.9 Å². The number of hydrogen-bond acceptors (Lipinski definition) is 4. The second-order valence-electron chi connectivity index (χ2n) is 4.73. The van der Waals surface area contributed by atoms with Crippen LogP contribution in [0.3, 0.4) is 0 Å². The largest absolute Gasteiger partial charge is 0.346 e. The molecular formula is C14H16N4OS. The lowest BCUT2D eigenvalue weighted by Crippen LogP contribution is -2.27. The van der Waals surface area contributed by atoms with Gasteiger partial charge in [0.2, 0.25) is 0 Å². The van der Waals surface area contributed by atoms with Crippen LogP contribution in [0.1, 0.15) is 29.1 Å². The SMILES string of the molecule is NCC#Cc1ccsc1Cn1nc2n(c1=O)CCCC2. The van der Waals surface area contributed by atoms with Crippen molar-refractivity contribution < 1.29 is 0 Å². The van der Waals surface area contributed by atoms with Crippen molar-refractivity contribution in [2.45, 2.75) is 32.4 Å². The van der Waals surface area contributed by atoms with Crippen LogP contribution in [0.15, 0.2) is 16.2 Å². The Bertz CT molecular complexity index is 728. The van der Waals surface area contributed by atoms with Gasteiger partial charge in [0.05, 0.1) is 13.1 Å². The zero-order valence-corrected chi connectivity index (χ0v) is 11.9. The predicted octanol–water partition coefficient (Wildman–Crippen LogP) is 0.801. The first kappa shape index (κ1) is 13.2. The quantitative estimate of drug-likeness (QED) is 0.831. The molecule has 0 aromatic carbocycles. The second-order valence-corrected chi connectivity index (χ2v) is 5.73. The van der Waals surface area contributed by atoms with E-state index in [4.69, 9.17) is 5.73 Å². The number of hydrogen-bond donors (Lipinski definition) is 1. The molecule has 3 heterocycles. The van der Waals surface area contributed by atoms with Crippen molar-refractivity contribution >= 4 is 11.3 Å². The Hall–Kier alpha value is -1.84. The Kier molecular flexibility index (Phi) is 3.72. The zero-order valence-electron chi connectivity index (χ0n) is 11.1. The van der Waals surface area contributed by atoms with Gasteiger partial charge in [-0.25, -0.2) is 9.48 Å². The van der Waals surface area contributed by atoms with Gasteiger partial charge >= 0.3 is 5.69 Å². The van der Waals surface area contributed by atoms with Crippen molar-refractivity contribution in [3.63, 3.8) is 0 Å². The van der Waals surface area contributed by atoms with Crippen LogP contribution in [0.2, 0.25) is 0 Å². The van der Waals surface area contributed by atoms with Crippen LogP contribution < -0.4 is 11.4 Å². The standard InChI is InChI=1S/C14H16N4OS/c15-7-3-4-11-6-9-20-12(11)10-18-14(19)17-8-2-1-5-13(17)16-18/h6,9H,1-2,5,7-8,10,15H2. The molecule has 104 valence electrons. The van der Waals surface area contributed by atoms with Crippen LogP contribution in [0.5, 0.6) is 0 Å². The summed E-state index contributed by atoms with van der Waals surface area (Å²) in [5, 5.41) is 6.43. The van der Waals surface area contributed by atoms with Gasteiger partial charge in [-0.05, 0) is 24.3 Å². The van der Waals surface area contributed by atoms with E-state index in [1.54, 1.807) is 20.6 Å². The minimum atomic E-state index is -0.00849. The molecule has 0 radical (unpaired) electrons. The number of aryl methyl sites for hydroxylation is 1. The lowest BCUT2D eigenvalue weighted by atomic mass is 10.2. The van der Waals surface area contributed by atoms with Gasteiger partial charge in [-0.2, -0.15) is 5.10 Å². The molecule has 1 aliphatic heterocycles. The average Bonchev–Trinajstić information content (AvgIpc) is 3.03. The molecule has 0 aliphatic carbocycles. The molecule has 3 rings (SSSR count). The van der Waals surface area contributed by atoms with Crippen molar-refractivity contribution in [3.8, 4) is 11.8 Å².